The number of hydrogen-bond acceptors (Lipinski definition) is 4. The van der Waals surface area contributed by atoms with Gasteiger partial charge in [0.2, 0.25) is 0 Å². The van der Waals surface area contributed by atoms with Crippen molar-refractivity contribution in [2.45, 2.75) is 25.3 Å². The Morgan fingerprint density at radius 1 is 1.19 bits per heavy atom. The van der Waals surface area contributed by atoms with Crippen LogP contribution >= 0.6 is 0 Å². The van der Waals surface area contributed by atoms with Gasteiger partial charge in [-0.2, -0.15) is 0 Å². The molecule has 1 atom stereocenters. The Bertz CT molecular complexity index is 950. The first-order valence-electron chi connectivity index (χ1n) is 9.51. The summed E-state index contributed by atoms with van der Waals surface area (Å²) in [5.41, 5.74) is 3.34. The molecule has 3 heterocycles. The van der Waals surface area contributed by atoms with Crippen LogP contribution in [0.3, 0.4) is 0 Å². The van der Waals surface area contributed by atoms with E-state index in [2.05, 4.69) is 27.2 Å². The maximum absolute atomic E-state index is 12.6. The number of amides is 1. The van der Waals surface area contributed by atoms with E-state index in [9.17, 15) is 4.79 Å². The maximum Gasteiger partial charge on any atom is 0.251 e. The summed E-state index contributed by atoms with van der Waals surface area (Å²) in [6, 6.07) is 14.1. The molecule has 1 aliphatic heterocycles. The van der Waals surface area contributed by atoms with Crippen molar-refractivity contribution in [3.63, 3.8) is 0 Å². The fourth-order valence-electron chi connectivity index (χ4n) is 3.84. The topological polar surface area (TPSA) is 58.1 Å². The van der Waals surface area contributed by atoms with Crippen molar-refractivity contribution >= 4 is 16.8 Å². The van der Waals surface area contributed by atoms with Crippen LogP contribution in [0.25, 0.3) is 22.2 Å². The van der Waals surface area contributed by atoms with Gasteiger partial charge in [0.25, 0.3) is 5.91 Å². The third kappa shape index (κ3) is 3.83. The highest BCUT2D eigenvalue weighted by Gasteiger charge is 2.20. The summed E-state index contributed by atoms with van der Waals surface area (Å²) < 4.78 is 0. The minimum atomic E-state index is -0.0316. The highest BCUT2D eigenvalue weighted by atomic mass is 16.1. The van der Waals surface area contributed by atoms with Gasteiger partial charge in [-0.25, -0.2) is 0 Å². The summed E-state index contributed by atoms with van der Waals surface area (Å²) in [7, 11) is 2.16. The summed E-state index contributed by atoms with van der Waals surface area (Å²) >= 11 is 0. The molecular weight excluding hydrogens is 336 g/mol. The van der Waals surface area contributed by atoms with Gasteiger partial charge in [0.05, 0.1) is 11.2 Å². The molecule has 1 aliphatic rings. The summed E-state index contributed by atoms with van der Waals surface area (Å²) in [6.45, 7) is 1.86. The van der Waals surface area contributed by atoms with Crippen molar-refractivity contribution < 1.29 is 4.79 Å². The van der Waals surface area contributed by atoms with E-state index in [-0.39, 0.29) is 5.91 Å². The largest absolute Gasteiger partial charge is 0.352 e. The van der Waals surface area contributed by atoms with Crippen molar-refractivity contribution in [3.05, 3.63) is 60.4 Å². The quantitative estimate of drug-likeness (QED) is 0.756. The molecule has 1 aromatic carbocycles. The lowest BCUT2D eigenvalue weighted by Crippen LogP contribution is -2.31. The molecule has 1 fully saturated rings. The van der Waals surface area contributed by atoms with Gasteiger partial charge in [0, 0.05) is 41.5 Å². The number of carbonyl (C=O) groups is 1. The van der Waals surface area contributed by atoms with Gasteiger partial charge >= 0.3 is 0 Å². The van der Waals surface area contributed by atoms with Crippen LogP contribution in [-0.4, -0.2) is 47.0 Å². The third-order valence-electron chi connectivity index (χ3n) is 5.36. The molecule has 0 bridgehead atoms. The van der Waals surface area contributed by atoms with Crippen LogP contribution in [0.15, 0.2) is 54.9 Å². The zero-order valence-electron chi connectivity index (χ0n) is 15.6. The van der Waals surface area contributed by atoms with Crippen molar-refractivity contribution in [2.75, 3.05) is 20.1 Å². The molecule has 138 valence electrons. The van der Waals surface area contributed by atoms with Gasteiger partial charge < -0.3 is 10.2 Å². The lowest BCUT2D eigenvalue weighted by molar-refractivity contribution is 0.0950. The molecule has 1 unspecified atom stereocenters. The Balaban J connectivity index is 1.49. The van der Waals surface area contributed by atoms with Crippen LogP contribution in [0, 0.1) is 0 Å². The van der Waals surface area contributed by atoms with Crippen LogP contribution in [0.5, 0.6) is 0 Å². The van der Waals surface area contributed by atoms with Crippen molar-refractivity contribution in [1.29, 1.82) is 0 Å². The number of carbonyl (C=O) groups excluding carboxylic acids is 1. The SMILES string of the molecule is CN1CCCC1CCNC(=O)c1cccc(-c2nccc3ncccc23)c1. The van der Waals surface area contributed by atoms with Crippen molar-refractivity contribution in [2.24, 2.45) is 0 Å². The smallest absolute Gasteiger partial charge is 0.251 e. The van der Waals surface area contributed by atoms with E-state index in [1.807, 2.05) is 42.5 Å². The average Bonchev–Trinajstić information content (AvgIpc) is 3.12. The fourth-order valence-corrected chi connectivity index (χ4v) is 3.84. The third-order valence-corrected chi connectivity index (χ3v) is 5.36. The Labute approximate surface area is 159 Å². The number of rotatable bonds is 5. The number of aromatic nitrogens is 2. The number of nitrogens with one attached hydrogen (secondary N) is 1. The first-order chi connectivity index (χ1) is 13.2. The van der Waals surface area contributed by atoms with E-state index in [1.54, 1.807) is 12.4 Å². The monoisotopic (exact) mass is 360 g/mol. The molecule has 5 heteroatoms. The molecule has 5 nitrogen and oxygen atoms in total. The molecule has 0 aliphatic carbocycles. The van der Waals surface area contributed by atoms with E-state index in [0.29, 0.717) is 18.2 Å². The van der Waals surface area contributed by atoms with E-state index in [4.69, 9.17) is 0 Å². The Kier molecular flexibility index (Phi) is 5.12. The number of benzene rings is 1. The van der Waals surface area contributed by atoms with E-state index in [0.717, 1.165) is 35.1 Å². The Hall–Kier alpha value is -2.79. The van der Waals surface area contributed by atoms with E-state index < -0.39 is 0 Å². The van der Waals surface area contributed by atoms with Crippen LogP contribution in [0.1, 0.15) is 29.6 Å². The van der Waals surface area contributed by atoms with Crippen LogP contribution < -0.4 is 5.32 Å². The lowest BCUT2D eigenvalue weighted by Gasteiger charge is -2.19. The zero-order chi connectivity index (χ0) is 18.6. The molecule has 3 aromatic rings. The molecule has 0 spiro atoms. The molecule has 0 saturated carbocycles. The summed E-state index contributed by atoms with van der Waals surface area (Å²) in [5.74, 6) is -0.0316. The zero-order valence-corrected chi connectivity index (χ0v) is 15.6. The Morgan fingerprint density at radius 3 is 2.96 bits per heavy atom. The normalized spacial score (nSPS) is 17.3. The summed E-state index contributed by atoms with van der Waals surface area (Å²) in [5, 5.41) is 4.05. The minimum Gasteiger partial charge on any atom is -0.352 e. The average molecular weight is 360 g/mol. The van der Waals surface area contributed by atoms with E-state index in [1.165, 1.54) is 12.8 Å². The first kappa shape index (κ1) is 17.6. The molecule has 1 N–H and O–H groups in total. The summed E-state index contributed by atoms with van der Waals surface area (Å²) in [6.07, 6.45) is 7.01. The van der Waals surface area contributed by atoms with Gasteiger partial charge in [0.1, 0.15) is 0 Å². The summed E-state index contributed by atoms with van der Waals surface area (Å²) in [4.78, 5) is 23.9. The molecule has 0 radical (unpaired) electrons. The van der Waals surface area contributed by atoms with Gasteiger partial charge in [-0.3, -0.25) is 14.8 Å². The van der Waals surface area contributed by atoms with Crippen LogP contribution in [0.4, 0.5) is 0 Å². The Morgan fingerprint density at radius 2 is 2.11 bits per heavy atom. The maximum atomic E-state index is 12.6. The highest BCUT2D eigenvalue weighted by molar-refractivity contribution is 5.97. The van der Waals surface area contributed by atoms with E-state index >= 15 is 0 Å². The standard InChI is InChI=1S/C22H24N4O/c1-26-14-4-7-18(26)9-12-25-22(27)17-6-2-5-16(15-17)21-19-8-3-11-23-20(19)10-13-24-21/h2-3,5-6,8,10-11,13,15,18H,4,7,9,12,14H2,1H3,(H,25,27). The number of hydrogen-bond donors (Lipinski definition) is 1. The van der Waals surface area contributed by atoms with Crippen LogP contribution in [0.2, 0.25) is 0 Å². The molecule has 27 heavy (non-hydrogen) atoms. The molecule has 1 saturated heterocycles. The molecule has 2 aromatic heterocycles. The van der Waals surface area contributed by atoms with Gasteiger partial charge in [0.15, 0.2) is 0 Å². The predicted molar refractivity (Wildman–Crippen MR) is 108 cm³/mol. The highest BCUT2D eigenvalue weighted by Crippen LogP contribution is 2.26. The second-order valence-corrected chi connectivity index (χ2v) is 7.13. The van der Waals surface area contributed by atoms with Crippen molar-refractivity contribution in [3.8, 4) is 11.3 Å². The second-order valence-electron chi connectivity index (χ2n) is 7.13. The second kappa shape index (κ2) is 7.84. The van der Waals surface area contributed by atoms with Gasteiger partial charge in [-0.05, 0) is 63.2 Å². The molecular formula is C22H24N4O. The van der Waals surface area contributed by atoms with Gasteiger partial charge in [-0.15, -0.1) is 0 Å². The number of nitrogens with zero attached hydrogens (tertiary/aromatic N) is 3. The van der Waals surface area contributed by atoms with Crippen LogP contribution in [-0.2, 0) is 0 Å². The molecule has 1 amide bonds. The van der Waals surface area contributed by atoms with Crippen molar-refractivity contribution in [1.82, 2.24) is 20.2 Å². The molecule has 4 rings (SSSR count). The van der Waals surface area contributed by atoms with Gasteiger partial charge in [-0.1, -0.05) is 12.1 Å². The lowest BCUT2D eigenvalue weighted by atomic mass is 10.0. The first-order valence-corrected chi connectivity index (χ1v) is 9.51. The number of fused-ring (bicyclic) bond motifs is 1. The minimum absolute atomic E-state index is 0.0316. The predicted octanol–water partition coefficient (Wildman–Crippen LogP) is 3.51. The fraction of sp³-hybridized carbons (Fsp3) is 0.318. The number of pyridine rings is 2. The number of likely N-dealkylation sites (tertiary alicyclic amines) is 1.